The van der Waals surface area contributed by atoms with E-state index < -0.39 is 0 Å². The summed E-state index contributed by atoms with van der Waals surface area (Å²) in [4.78, 5) is 12.7. The maximum absolute atomic E-state index is 5.94. The van der Waals surface area contributed by atoms with Crippen molar-refractivity contribution in [2.75, 3.05) is 5.73 Å². The van der Waals surface area contributed by atoms with Crippen molar-refractivity contribution >= 4 is 22.8 Å². The van der Waals surface area contributed by atoms with Crippen LogP contribution < -0.4 is 5.73 Å². The minimum Gasteiger partial charge on any atom is -0.382 e. The third-order valence-electron chi connectivity index (χ3n) is 3.48. The van der Waals surface area contributed by atoms with E-state index in [1.54, 1.807) is 0 Å². The normalized spacial score (nSPS) is 11.4. The Labute approximate surface area is 114 Å². The van der Waals surface area contributed by atoms with E-state index in [0.29, 0.717) is 11.5 Å². The minimum absolute atomic E-state index is 0.438. The molecule has 0 amide bonds. The zero-order valence-corrected chi connectivity index (χ0v) is 10.9. The van der Waals surface area contributed by atoms with Crippen molar-refractivity contribution in [2.45, 2.75) is 0 Å². The Balaban J connectivity index is 2.09. The lowest BCUT2D eigenvalue weighted by molar-refractivity contribution is 0.947. The van der Waals surface area contributed by atoms with E-state index in [1.165, 1.54) is 6.33 Å². The standard InChI is InChI=1S/C14H12N6/c1-19-10(9-5-3-2-4-6-9)7-20-11-12(15)16-8-17-13(11)18-14(19)20/h2-8H,1H3,(H2,15,16,17). The predicted octanol–water partition coefficient (Wildman–Crippen LogP) is 1.87. The second-order valence-electron chi connectivity index (χ2n) is 4.65. The smallest absolute Gasteiger partial charge is 0.216 e. The number of hydrogen-bond acceptors (Lipinski definition) is 4. The van der Waals surface area contributed by atoms with Crippen LogP contribution in [0.25, 0.3) is 28.2 Å². The molecule has 0 aliphatic rings. The average Bonchev–Trinajstić information content (AvgIpc) is 2.98. The van der Waals surface area contributed by atoms with Gasteiger partial charge in [0.2, 0.25) is 5.78 Å². The number of hydrogen-bond donors (Lipinski definition) is 1. The molecule has 6 nitrogen and oxygen atoms in total. The monoisotopic (exact) mass is 264 g/mol. The van der Waals surface area contributed by atoms with Crippen molar-refractivity contribution in [1.82, 2.24) is 23.9 Å². The number of aromatic nitrogens is 5. The van der Waals surface area contributed by atoms with Crippen LogP contribution in [0.2, 0.25) is 0 Å². The third kappa shape index (κ3) is 1.36. The molecule has 0 bridgehead atoms. The van der Waals surface area contributed by atoms with E-state index in [-0.39, 0.29) is 0 Å². The fourth-order valence-electron chi connectivity index (χ4n) is 2.50. The number of imidazole rings is 2. The van der Waals surface area contributed by atoms with E-state index in [0.717, 1.165) is 22.6 Å². The molecule has 0 atom stereocenters. The Bertz CT molecular complexity index is 919. The minimum atomic E-state index is 0.438. The highest BCUT2D eigenvalue weighted by molar-refractivity contribution is 5.86. The van der Waals surface area contributed by atoms with Gasteiger partial charge in [0, 0.05) is 13.2 Å². The summed E-state index contributed by atoms with van der Waals surface area (Å²) in [6.45, 7) is 0. The van der Waals surface area contributed by atoms with Crippen molar-refractivity contribution < 1.29 is 0 Å². The van der Waals surface area contributed by atoms with E-state index >= 15 is 0 Å². The highest BCUT2D eigenvalue weighted by Gasteiger charge is 2.15. The molecular weight excluding hydrogens is 252 g/mol. The molecule has 0 aliphatic heterocycles. The predicted molar refractivity (Wildman–Crippen MR) is 77.1 cm³/mol. The van der Waals surface area contributed by atoms with Gasteiger partial charge in [-0.25, -0.2) is 9.97 Å². The first-order valence-corrected chi connectivity index (χ1v) is 6.25. The molecule has 0 unspecified atom stereocenters. The van der Waals surface area contributed by atoms with Gasteiger partial charge in [-0.15, -0.1) is 0 Å². The molecule has 3 heterocycles. The molecule has 3 aromatic heterocycles. The molecule has 4 aromatic rings. The largest absolute Gasteiger partial charge is 0.382 e. The number of fused-ring (bicyclic) bond motifs is 3. The Morgan fingerprint density at radius 2 is 1.90 bits per heavy atom. The summed E-state index contributed by atoms with van der Waals surface area (Å²) >= 11 is 0. The number of nitrogens with two attached hydrogens (primary N) is 1. The van der Waals surface area contributed by atoms with Crippen LogP contribution in [0.3, 0.4) is 0 Å². The number of anilines is 1. The first-order chi connectivity index (χ1) is 9.75. The molecule has 0 fully saturated rings. The van der Waals surface area contributed by atoms with Crippen LogP contribution in [-0.4, -0.2) is 23.9 Å². The van der Waals surface area contributed by atoms with Crippen LogP contribution in [-0.2, 0) is 7.05 Å². The summed E-state index contributed by atoms with van der Waals surface area (Å²) in [7, 11) is 1.98. The summed E-state index contributed by atoms with van der Waals surface area (Å²) in [6.07, 6.45) is 3.45. The lowest BCUT2D eigenvalue weighted by atomic mass is 10.2. The van der Waals surface area contributed by atoms with Crippen molar-refractivity contribution in [3.05, 3.63) is 42.9 Å². The van der Waals surface area contributed by atoms with E-state index in [2.05, 4.69) is 27.1 Å². The van der Waals surface area contributed by atoms with Crippen LogP contribution in [0.5, 0.6) is 0 Å². The van der Waals surface area contributed by atoms with Gasteiger partial charge in [0.05, 0.1) is 5.69 Å². The molecule has 0 saturated heterocycles. The molecule has 20 heavy (non-hydrogen) atoms. The summed E-state index contributed by atoms with van der Waals surface area (Å²) in [5.74, 6) is 1.23. The fraction of sp³-hybridized carbons (Fsp3) is 0.0714. The molecule has 98 valence electrons. The molecule has 0 radical (unpaired) electrons. The number of aryl methyl sites for hydroxylation is 1. The third-order valence-corrected chi connectivity index (χ3v) is 3.48. The zero-order chi connectivity index (χ0) is 13.7. The van der Waals surface area contributed by atoms with Crippen molar-refractivity contribution in [1.29, 1.82) is 0 Å². The quantitative estimate of drug-likeness (QED) is 0.569. The average molecular weight is 264 g/mol. The molecular formula is C14H12N6. The Kier molecular flexibility index (Phi) is 2.09. The SMILES string of the molecule is Cn1c(-c2ccccc2)cn2c3c(N)ncnc3nc12. The molecule has 2 N–H and O–H groups in total. The summed E-state index contributed by atoms with van der Waals surface area (Å²) in [5.41, 5.74) is 9.50. The maximum Gasteiger partial charge on any atom is 0.216 e. The Morgan fingerprint density at radius 3 is 2.70 bits per heavy atom. The van der Waals surface area contributed by atoms with Gasteiger partial charge in [0.25, 0.3) is 0 Å². The van der Waals surface area contributed by atoms with Gasteiger partial charge in [-0.3, -0.25) is 4.40 Å². The van der Waals surface area contributed by atoms with Gasteiger partial charge < -0.3 is 10.3 Å². The van der Waals surface area contributed by atoms with Crippen LogP contribution in [0, 0.1) is 0 Å². The van der Waals surface area contributed by atoms with Crippen LogP contribution in [0.15, 0.2) is 42.9 Å². The van der Waals surface area contributed by atoms with Gasteiger partial charge in [0.1, 0.15) is 11.8 Å². The summed E-state index contributed by atoms with van der Waals surface area (Å²) in [6, 6.07) is 10.2. The van der Waals surface area contributed by atoms with Crippen molar-refractivity contribution in [2.24, 2.45) is 7.05 Å². The molecule has 0 aliphatic carbocycles. The molecule has 1 aromatic carbocycles. The lowest BCUT2D eigenvalue weighted by Crippen LogP contribution is -1.94. The number of benzene rings is 1. The van der Waals surface area contributed by atoms with Gasteiger partial charge in [-0.1, -0.05) is 30.3 Å². The van der Waals surface area contributed by atoms with Crippen LogP contribution >= 0.6 is 0 Å². The van der Waals surface area contributed by atoms with Gasteiger partial charge in [-0.2, -0.15) is 4.98 Å². The lowest BCUT2D eigenvalue weighted by Gasteiger charge is -2.01. The number of nitrogens with zero attached hydrogens (tertiary/aromatic N) is 5. The zero-order valence-electron chi connectivity index (χ0n) is 10.9. The second kappa shape index (κ2) is 3.80. The van der Waals surface area contributed by atoms with E-state index in [9.17, 15) is 0 Å². The van der Waals surface area contributed by atoms with Crippen LogP contribution in [0.4, 0.5) is 5.82 Å². The first kappa shape index (κ1) is 11.0. The first-order valence-electron chi connectivity index (χ1n) is 6.25. The Hall–Kier alpha value is -2.89. The summed E-state index contributed by atoms with van der Waals surface area (Å²) in [5, 5.41) is 0. The molecule has 4 rings (SSSR count). The Morgan fingerprint density at radius 1 is 1.10 bits per heavy atom. The topological polar surface area (TPSA) is 74.0 Å². The molecule has 0 saturated carbocycles. The van der Waals surface area contributed by atoms with Gasteiger partial charge in [0.15, 0.2) is 11.5 Å². The summed E-state index contributed by atoms with van der Waals surface area (Å²) < 4.78 is 3.96. The highest BCUT2D eigenvalue weighted by Crippen LogP contribution is 2.26. The molecule has 0 spiro atoms. The van der Waals surface area contributed by atoms with Crippen molar-refractivity contribution in [3.63, 3.8) is 0 Å². The second-order valence-corrected chi connectivity index (χ2v) is 4.65. The van der Waals surface area contributed by atoms with Crippen LogP contribution in [0.1, 0.15) is 0 Å². The van der Waals surface area contributed by atoms with Gasteiger partial charge in [-0.05, 0) is 5.56 Å². The number of rotatable bonds is 1. The fourth-order valence-corrected chi connectivity index (χ4v) is 2.50. The highest BCUT2D eigenvalue weighted by atomic mass is 15.2. The molecule has 6 heteroatoms. The maximum atomic E-state index is 5.94. The van der Waals surface area contributed by atoms with E-state index in [1.807, 2.05) is 40.4 Å². The van der Waals surface area contributed by atoms with E-state index in [4.69, 9.17) is 5.73 Å². The van der Waals surface area contributed by atoms with Gasteiger partial charge >= 0.3 is 0 Å². The van der Waals surface area contributed by atoms with Crippen molar-refractivity contribution in [3.8, 4) is 11.3 Å². The number of nitrogen functional groups attached to an aromatic ring is 1.